The molecule has 0 radical (unpaired) electrons. The molecule has 1 amide bonds. The number of hydrogen-bond acceptors (Lipinski definition) is 4. The lowest BCUT2D eigenvalue weighted by atomic mass is 10.1. The summed E-state index contributed by atoms with van der Waals surface area (Å²) in [4.78, 5) is 12.2. The van der Waals surface area contributed by atoms with Gasteiger partial charge < -0.3 is 10.1 Å². The molecule has 6 nitrogen and oxygen atoms in total. The van der Waals surface area contributed by atoms with Crippen molar-refractivity contribution in [1.29, 1.82) is 0 Å². The van der Waals surface area contributed by atoms with Crippen molar-refractivity contribution in [2.45, 2.75) is 25.6 Å². The van der Waals surface area contributed by atoms with Crippen LogP contribution in [0.4, 0.5) is 28.9 Å². The molecule has 0 unspecified atom stereocenters. The molecule has 1 fully saturated rings. The highest BCUT2D eigenvalue weighted by Crippen LogP contribution is 2.29. The zero-order chi connectivity index (χ0) is 21.9. The lowest BCUT2D eigenvalue weighted by Crippen LogP contribution is -2.26. The van der Waals surface area contributed by atoms with Crippen LogP contribution in [-0.4, -0.2) is 33.0 Å². The first kappa shape index (κ1) is 21.9. The van der Waals surface area contributed by atoms with Crippen molar-refractivity contribution < 1.29 is 35.5 Å². The van der Waals surface area contributed by atoms with Gasteiger partial charge in [0.1, 0.15) is 11.6 Å². The average molecular weight is 446 g/mol. The summed E-state index contributed by atoms with van der Waals surface area (Å²) in [6.45, 7) is 0.171. The highest BCUT2D eigenvalue weighted by Gasteiger charge is 2.31. The molecular weight excluding hydrogens is 428 g/mol. The first-order valence-corrected chi connectivity index (χ1v) is 10.6. The summed E-state index contributed by atoms with van der Waals surface area (Å²) in [5.41, 5.74) is 0.751. The normalized spacial score (nSPS) is 15.8. The predicted octanol–water partition coefficient (Wildman–Crippen LogP) is 3.84. The van der Waals surface area contributed by atoms with Gasteiger partial charge in [-0.25, -0.2) is 12.8 Å². The van der Waals surface area contributed by atoms with Gasteiger partial charge in [0.15, 0.2) is 0 Å². The van der Waals surface area contributed by atoms with Crippen LogP contribution in [0.1, 0.15) is 18.4 Å². The van der Waals surface area contributed by atoms with E-state index in [1.54, 1.807) is 0 Å². The summed E-state index contributed by atoms with van der Waals surface area (Å²) in [6, 6.07) is 8.82. The van der Waals surface area contributed by atoms with E-state index in [0.29, 0.717) is 12.0 Å². The Morgan fingerprint density at radius 1 is 1.13 bits per heavy atom. The fourth-order valence-corrected chi connectivity index (χ4v) is 4.59. The van der Waals surface area contributed by atoms with Crippen LogP contribution in [0.2, 0.25) is 0 Å². The Balaban J connectivity index is 1.59. The average Bonchev–Trinajstić information content (AvgIpc) is 3.00. The molecule has 1 saturated heterocycles. The molecule has 1 heterocycles. The lowest BCUT2D eigenvalue weighted by Gasteiger charge is -2.18. The molecule has 3 rings (SSSR count). The third kappa shape index (κ3) is 5.62. The second-order valence-electron chi connectivity index (χ2n) is 6.65. The highest BCUT2D eigenvalue weighted by atomic mass is 32.2. The van der Waals surface area contributed by atoms with Crippen molar-refractivity contribution in [3.05, 3.63) is 53.8 Å². The number of hydrogen-bond donors (Lipinski definition) is 1. The van der Waals surface area contributed by atoms with E-state index in [2.05, 4.69) is 10.1 Å². The SMILES string of the molecule is O=C(CCc1ccc(OC(F)(F)F)cc1)Nc1ccc(F)c(N2CCCS2(=O)=O)c1. The minimum Gasteiger partial charge on any atom is -0.406 e. The van der Waals surface area contributed by atoms with E-state index in [1.165, 1.54) is 24.3 Å². The molecule has 0 aromatic heterocycles. The molecule has 0 bridgehead atoms. The number of benzene rings is 2. The first-order valence-electron chi connectivity index (χ1n) is 8.98. The molecule has 2 aromatic rings. The molecule has 0 atom stereocenters. The first-order chi connectivity index (χ1) is 14.0. The summed E-state index contributed by atoms with van der Waals surface area (Å²) < 4.78 is 79.4. The molecule has 162 valence electrons. The van der Waals surface area contributed by atoms with Crippen molar-refractivity contribution in [1.82, 2.24) is 0 Å². The van der Waals surface area contributed by atoms with E-state index < -0.39 is 28.1 Å². The van der Waals surface area contributed by atoms with Crippen molar-refractivity contribution in [2.24, 2.45) is 0 Å². The number of carbonyl (C=O) groups is 1. The van der Waals surface area contributed by atoms with Crippen molar-refractivity contribution >= 4 is 27.3 Å². The molecule has 0 saturated carbocycles. The smallest absolute Gasteiger partial charge is 0.406 e. The third-order valence-electron chi connectivity index (χ3n) is 4.40. The summed E-state index contributed by atoms with van der Waals surface area (Å²) >= 11 is 0. The van der Waals surface area contributed by atoms with Crippen LogP contribution in [0.3, 0.4) is 0 Å². The monoisotopic (exact) mass is 446 g/mol. The highest BCUT2D eigenvalue weighted by molar-refractivity contribution is 7.93. The zero-order valence-electron chi connectivity index (χ0n) is 15.6. The van der Waals surface area contributed by atoms with E-state index in [1.807, 2.05) is 0 Å². The lowest BCUT2D eigenvalue weighted by molar-refractivity contribution is -0.274. The van der Waals surface area contributed by atoms with Crippen LogP contribution in [0, 0.1) is 5.82 Å². The number of rotatable bonds is 6. The fourth-order valence-electron chi connectivity index (χ4n) is 3.03. The van der Waals surface area contributed by atoms with Crippen LogP contribution >= 0.6 is 0 Å². The van der Waals surface area contributed by atoms with Gasteiger partial charge >= 0.3 is 6.36 Å². The van der Waals surface area contributed by atoms with Crippen molar-refractivity contribution in [3.63, 3.8) is 0 Å². The number of amides is 1. The minimum absolute atomic E-state index is 0.0220. The quantitative estimate of drug-likeness (QED) is 0.685. The number of ether oxygens (including phenoxy) is 1. The standard InChI is InChI=1S/C19H18F4N2O4S/c20-16-8-5-14(12-17(16)25-10-1-11-30(25,27)28)24-18(26)9-4-13-2-6-15(7-3-13)29-19(21,22)23/h2-3,5-8,12H,1,4,9-11H2,(H,24,26). The van der Waals surface area contributed by atoms with E-state index in [0.717, 1.165) is 22.5 Å². The number of nitrogens with zero attached hydrogens (tertiary/aromatic N) is 1. The Labute approximate surface area is 170 Å². The Morgan fingerprint density at radius 3 is 2.43 bits per heavy atom. The Hall–Kier alpha value is -2.82. The van der Waals surface area contributed by atoms with Gasteiger partial charge in [0, 0.05) is 18.7 Å². The number of aryl methyl sites for hydroxylation is 1. The predicted molar refractivity (Wildman–Crippen MR) is 102 cm³/mol. The van der Waals surface area contributed by atoms with Gasteiger partial charge in [0.25, 0.3) is 0 Å². The number of carbonyl (C=O) groups excluding carboxylic acids is 1. The van der Waals surface area contributed by atoms with Gasteiger partial charge in [-0.05, 0) is 48.7 Å². The second kappa shape index (κ2) is 8.50. The Kier molecular flexibility index (Phi) is 6.20. The number of halogens is 4. The molecule has 0 aliphatic carbocycles. The van der Waals surface area contributed by atoms with E-state index in [-0.39, 0.29) is 42.3 Å². The number of anilines is 2. The Bertz CT molecular complexity index is 1020. The maximum atomic E-state index is 14.1. The molecule has 1 aliphatic rings. The van der Waals surface area contributed by atoms with Crippen LogP contribution in [-0.2, 0) is 21.2 Å². The third-order valence-corrected chi connectivity index (χ3v) is 6.25. The molecule has 11 heteroatoms. The van der Waals surface area contributed by atoms with Crippen LogP contribution < -0.4 is 14.4 Å². The van der Waals surface area contributed by atoms with Gasteiger partial charge in [-0.1, -0.05) is 12.1 Å². The van der Waals surface area contributed by atoms with Crippen LogP contribution in [0.25, 0.3) is 0 Å². The topological polar surface area (TPSA) is 75.7 Å². The largest absolute Gasteiger partial charge is 0.573 e. The van der Waals surface area contributed by atoms with E-state index in [4.69, 9.17) is 0 Å². The van der Waals surface area contributed by atoms with Gasteiger partial charge in [-0.15, -0.1) is 13.2 Å². The molecule has 1 aliphatic heterocycles. The maximum Gasteiger partial charge on any atom is 0.573 e. The summed E-state index contributed by atoms with van der Waals surface area (Å²) in [5.74, 6) is -1.53. The molecular formula is C19H18F4N2O4S. The number of nitrogens with one attached hydrogen (secondary N) is 1. The second-order valence-corrected chi connectivity index (χ2v) is 8.66. The van der Waals surface area contributed by atoms with Crippen molar-refractivity contribution in [3.8, 4) is 5.75 Å². The summed E-state index contributed by atoms with van der Waals surface area (Å²) in [7, 11) is -3.57. The van der Waals surface area contributed by atoms with Crippen LogP contribution in [0.15, 0.2) is 42.5 Å². The summed E-state index contributed by atoms with van der Waals surface area (Å²) in [5, 5.41) is 2.57. The zero-order valence-corrected chi connectivity index (χ0v) is 16.4. The molecule has 30 heavy (non-hydrogen) atoms. The number of sulfonamides is 1. The molecule has 1 N–H and O–H groups in total. The number of alkyl halides is 3. The van der Waals surface area contributed by atoms with Crippen LogP contribution in [0.5, 0.6) is 5.75 Å². The van der Waals surface area contributed by atoms with Crippen molar-refractivity contribution in [2.75, 3.05) is 21.9 Å². The van der Waals surface area contributed by atoms with E-state index >= 15 is 0 Å². The Morgan fingerprint density at radius 2 is 1.83 bits per heavy atom. The van der Waals surface area contributed by atoms with Gasteiger partial charge in [-0.2, -0.15) is 0 Å². The summed E-state index contributed by atoms with van der Waals surface area (Å²) in [6.07, 6.45) is -4.10. The molecule has 0 spiro atoms. The maximum absolute atomic E-state index is 14.1. The minimum atomic E-state index is -4.77. The fraction of sp³-hybridized carbons (Fsp3) is 0.316. The van der Waals surface area contributed by atoms with E-state index in [9.17, 15) is 30.8 Å². The molecule has 2 aromatic carbocycles. The van der Waals surface area contributed by atoms with Gasteiger partial charge in [0.05, 0.1) is 11.4 Å². The van der Waals surface area contributed by atoms with Gasteiger partial charge in [-0.3, -0.25) is 9.10 Å². The van der Waals surface area contributed by atoms with Gasteiger partial charge in [0.2, 0.25) is 15.9 Å².